The maximum absolute atomic E-state index is 10.6. The van der Waals surface area contributed by atoms with Crippen LogP contribution in [0.1, 0.15) is 0 Å². The van der Waals surface area contributed by atoms with E-state index in [1.807, 2.05) is 0 Å². The largest absolute Gasteiger partial charge is 0.288 e. The van der Waals surface area contributed by atoms with E-state index in [4.69, 9.17) is 12.3 Å². The first kappa shape index (κ1) is 7.85. The highest BCUT2D eigenvalue weighted by molar-refractivity contribution is 7.10. The van der Waals surface area contributed by atoms with Gasteiger partial charge in [-0.1, -0.05) is 5.92 Å². The quantitative estimate of drug-likeness (QED) is 0.364. The van der Waals surface area contributed by atoms with Gasteiger partial charge < -0.3 is 0 Å². The van der Waals surface area contributed by atoms with E-state index in [-0.39, 0.29) is 5.56 Å². The maximum atomic E-state index is 10.6. The van der Waals surface area contributed by atoms with E-state index >= 15 is 0 Å². The zero-order chi connectivity index (χ0) is 8.27. The minimum atomic E-state index is -0.155. The normalized spacial score (nSPS) is 9.09. The van der Waals surface area contributed by atoms with Gasteiger partial charge in [0.2, 0.25) is 0 Å². The van der Waals surface area contributed by atoms with Crippen molar-refractivity contribution in [2.24, 2.45) is 5.84 Å². The average molecular weight is 169 g/mol. The van der Waals surface area contributed by atoms with Crippen molar-refractivity contribution in [1.29, 1.82) is 0 Å². The van der Waals surface area contributed by atoms with Crippen LogP contribution >= 0.6 is 11.5 Å². The average Bonchev–Trinajstić information content (AvgIpc) is 2.36. The maximum Gasteiger partial charge on any atom is 0.260 e. The van der Waals surface area contributed by atoms with E-state index < -0.39 is 0 Å². The number of terminal acetylenes is 1. The summed E-state index contributed by atoms with van der Waals surface area (Å²) in [5.41, 5.74) is -0.155. The van der Waals surface area contributed by atoms with Gasteiger partial charge in [-0.25, -0.2) is 5.84 Å². The van der Waals surface area contributed by atoms with Crippen molar-refractivity contribution in [3.63, 3.8) is 0 Å². The van der Waals surface area contributed by atoms with Crippen LogP contribution in [0.15, 0.2) is 10.9 Å². The molecule has 0 atom stereocenters. The molecule has 0 saturated heterocycles. The first-order valence-electron chi connectivity index (χ1n) is 2.88. The highest BCUT2D eigenvalue weighted by atomic mass is 32.1. The van der Waals surface area contributed by atoms with Gasteiger partial charge >= 0.3 is 0 Å². The predicted molar refractivity (Wildman–Crippen MR) is 45.3 cm³/mol. The van der Waals surface area contributed by atoms with Crippen molar-refractivity contribution in [3.05, 3.63) is 16.4 Å². The summed E-state index contributed by atoms with van der Waals surface area (Å²) in [4.78, 5) is 10.6. The van der Waals surface area contributed by atoms with Crippen molar-refractivity contribution in [2.45, 2.75) is 0 Å². The lowest BCUT2D eigenvalue weighted by Gasteiger charge is -2.10. The van der Waals surface area contributed by atoms with Gasteiger partial charge in [0, 0.05) is 6.07 Å². The minimum Gasteiger partial charge on any atom is -0.288 e. The Hall–Kier alpha value is -1.25. The van der Waals surface area contributed by atoms with Crippen molar-refractivity contribution >= 4 is 16.5 Å². The van der Waals surface area contributed by atoms with E-state index in [0.717, 1.165) is 0 Å². The van der Waals surface area contributed by atoms with Gasteiger partial charge in [-0.2, -0.15) is 0 Å². The molecule has 4 nitrogen and oxygen atoms in total. The molecule has 58 valence electrons. The number of hydrazine groups is 1. The fraction of sp³-hybridized carbons (Fsp3) is 0.167. The Kier molecular flexibility index (Phi) is 2.31. The van der Waals surface area contributed by atoms with Crippen molar-refractivity contribution in [2.75, 3.05) is 11.6 Å². The van der Waals surface area contributed by atoms with Crippen molar-refractivity contribution in [3.8, 4) is 12.3 Å². The number of H-pyrrole nitrogens is 1. The number of aromatic nitrogens is 1. The Bertz CT molecular complexity index is 321. The molecule has 0 saturated carbocycles. The number of nitrogens with zero attached hydrogens (tertiary/aromatic N) is 1. The summed E-state index contributed by atoms with van der Waals surface area (Å²) in [7, 11) is 0. The molecule has 1 rings (SSSR count). The SMILES string of the molecule is C#CCN(N)c1cc(=O)[nH]s1. The predicted octanol–water partition coefficient (Wildman–Crippen LogP) is -0.250. The molecule has 0 spiro atoms. The lowest BCUT2D eigenvalue weighted by Crippen LogP contribution is -2.30. The fourth-order valence-electron chi connectivity index (χ4n) is 0.591. The van der Waals surface area contributed by atoms with Crippen LogP contribution in [-0.2, 0) is 0 Å². The van der Waals surface area contributed by atoms with Crippen LogP contribution in [0.4, 0.5) is 5.00 Å². The molecule has 1 aromatic heterocycles. The third-order valence-electron chi connectivity index (χ3n) is 1.06. The molecule has 0 amide bonds. The molecular weight excluding hydrogens is 162 g/mol. The Balaban J connectivity index is 2.78. The fourth-order valence-corrected chi connectivity index (χ4v) is 1.20. The summed E-state index contributed by atoms with van der Waals surface area (Å²) < 4.78 is 2.50. The van der Waals surface area contributed by atoms with Crippen LogP contribution in [0.25, 0.3) is 0 Å². The first-order valence-corrected chi connectivity index (χ1v) is 3.70. The molecule has 0 bridgehead atoms. The number of anilines is 1. The van der Waals surface area contributed by atoms with Gasteiger partial charge in [0.15, 0.2) is 0 Å². The molecule has 1 heterocycles. The summed E-state index contributed by atoms with van der Waals surface area (Å²) in [5.74, 6) is 7.83. The van der Waals surface area contributed by atoms with Crippen LogP contribution in [0, 0.1) is 12.3 Å². The number of aromatic amines is 1. The van der Waals surface area contributed by atoms with E-state index in [9.17, 15) is 4.79 Å². The molecule has 0 aliphatic heterocycles. The molecule has 0 radical (unpaired) electrons. The molecular formula is C6H7N3OS. The van der Waals surface area contributed by atoms with Crippen molar-refractivity contribution in [1.82, 2.24) is 4.37 Å². The van der Waals surface area contributed by atoms with E-state index in [0.29, 0.717) is 11.5 Å². The Labute approximate surface area is 67.8 Å². The molecule has 1 aromatic rings. The Morgan fingerprint density at radius 2 is 2.64 bits per heavy atom. The zero-order valence-electron chi connectivity index (χ0n) is 5.70. The van der Waals surface area contributed by atoms with E-state index in [1.54, 1.807) is 0 Å². The Morgan fingerprint density at radius 3 is 3.09 bits per heavy atom. The molecule has 0 unspecified atom stereocenters. The molecule has 0 fully saturated rings. The van der Waals surface area contributed by atoms with E-state index in [2.05, 4.69) is 10.3 Å². The highest BCUT2D eigenvalue weighted by Crippen LogP contribution is 2.11. The minimum absolute atomic E-state index is 0.155. The topological polar surface area (TPSA) is 62.1 Å². The van der Waals surface area contributed by atoms with Gasteiger partial charge in [-0.15, -0.1) is 6.42 Å². The van der Waals surface area contributed by atoms with Gasteiger partial charge in [-0.3, -0.25) is 14.2 Å². The smallest absolute Gasteiger partial charge is 0.260 e. The standard InChI is InChI=1S/C6H7N3OS/c1-2-3-9(7)6-4-5(10)8-11-6/h1,4H,3,7H2,(H,8,10). The van der Waals surface area contributed by atoms with E-state index in [1.165, 1.54) is 22.6 Å². The first-order chi connectivity index (χ1) is 5.24. The molecule has 5 heteroatoms. The summed E-state index contributed by atoms with van der Waals surface area (Å²) in [5, 5.41) is 1.98. The van der Waals surface area contributed by atoms with Crippen molar-refractivity contribution < 1.29 is 0 Å². The number of nitrogens with two attached hydrogens (primary N) is 1. The molecule has 3 N–H and O–H groups in total. The van der Waals surface area contributed by atoms with Gasteiger partial charge in [0.1, 0.15) is 5.00 Å². The van der Waals surface area contributed by atoms with Gasteiger partial charge in [0.05, 0.1) is 6.54 Å². The lowest BCUT2D eigenvalue weighted by atomic mass is 10.6. The molecule has 11 heavy (non-hydrogen) atoms. The van der Waals surface area contributed by atoms with Crippen LogP contribution < -0.4 is 16.4 Å². The number of rotatable bonds is 2. The van der Waals surface area contributed by atoms with Crippen LogP contribution in [0.5, 0.6) is 0 Å². The summed E-state index contributed by atoms with van der Waals surface area (Å²) in [6.45, 7) is 0.299. The third kappa shape index (κ3) is 1.83. The summed E-state index contributed by atoms with van der Waals surface area (Å²) in [6, 6.07) is 1.40. The second-order valence-electron chi connectivity index (χ2n) is 1.88. The number of hydrogen-bond donors (Lipinski definition) is 2. The molecule has 0 aliphatic carbocycles. The van der Waals surface area contributed by atoms with Crippen LogP contribution in [-0.4, -0.2) is 10.9 Å². The molecule has 0 aromatic carbocycles. The summed E-state index contributed by atoms with van der Waals surface area (Å²) >= 11 is 1.17. The van der Waals surface area contributed by atoms with Gasteiger partial charge in [-0.05, 0) is 11.5 Å². The second-order valence-corrected chi connectivity index (χ2v) is 2.71. The highest BCUT2D eigenvalue weighted by Gasteiger charge is 2.01. The second kappa shape index (κ2) is 3.23. The number of hydrogen-bond acceptors (Lipinski definition) is 4. The Morgan fingerprint density at radius 1 is 1.91 bits per heavy atom. The monoisotopic (exact) mass is 169 g/mol. The third-order valence-corrected chi connectivity index (χ3v) is 1.92. The lowest BCUT2D eigenvalue weighted by molar-refractivity contribution is 0.970. The zero-order valence-corrected chi connectivity index (χ0v) is 6.52. The molecule has 0 aliphatic rings. The van der Waals surface area contributed by atoms with Gasteiger partial charge in [0.25, 0.3) is 5.56 Å². The summed E-state index contributed by atoms with van der Waals surface area (Å²) in [6.07, 6.45) is 5.02. The van der Waals surface area contributed by atoms with Crippen LogP contribution in [0.2, 0.25) is 0 Å². The van der Waals surface area contributed by atoms with Crippen LogP contribution in [0.3, 0.4) is 0 Å². The number of nitrogens with one attached hydrogen (secondary N) is 1.